The predicted octanol–water partition coefficient (Wildman–Crippen LogP) is 3.78. The van der Waals surface area contributed by atoms with Crippen LogP contribution in [0, 0.1) is 12.3 Å². The Labute approximate surface area is 156 Å². The number of pyridine rings is 1. The lowest BCUT2D eigenvalue weighted by Gasteiger charge is -2.41. The van der Waals surface area contributed by atoms with Crippen molar-refractivity contribution in [2.75, 3.05) is 19.7 Å². The third-order valence-electron chi connectivity index (χ3n) is 5.31. The van der Waals surface area contributed by atoms with Crippen molar-refractivity contribution >= 4 is 5.97 Å². The van der Waals surface area contributed by atoms with Crippen LogP contribution in [-0.4, -0.2) is 35.5 Å². The Morgan fingerprint density at radius 2 is 2.00 bits per heavy atom. The van der Waals surface area contributed by atoms with Gasteiger partial charge in [0.1, 0.15) is 0 Å². The van der Waals surface area contributed by atoms with E-state index in [1.807, 2.05) is 37.5 Å². The molecule has 1 fully saturated rings. The summed E-state index contributed by atoms with van der Waals surface area (Å²) in [5.74, 6) is -0.0531. The van der Waals surface area contributed by atoms with Crippen LogP contribution in [0.1, 0.15) is 36.5 Å². The maximum absolute atomic E-state index is 13.0. The summed E-state index contributed by atoms with van der Waals surface area (Å²) in [7, 11) is 0. The number of piperidine rings is 1. The third-order valence-corrected chi connectivity index (χ3v) is 5.31. The molecule has 138 valence electrons. The van der Waals surface area contributed by atoms with Gasteiger partial charge in [-0.1, -0.05) is 24.3 Å². The van der Waals surface area contributed by atoms with Gasteiger partial charge in [0.2, 0.25) is 0 Å². The molecular formula is C22H28N2O2. The smallest absolute Gasteiger partial charge is 0.313 e. The molecule has 1 atom stereocenters. The predicted molar refractivity (Wildman–Crippen MR) is 103 cm³/mol. The Hall–Kier alpha value is -2.20. The molecule has 1 aromatic heterocycles. The van der Waals surface area contributed by atoms with Crippen LogP contribution in [-0.2, 0) is 22.5 Å². The Balaban J connectivity index is 1.83. The van der Waals surface area contributed by atoms with Gasteiger partial charge in [0.25, 0.3) is 0 Å². The van der Waals surface area contributed by atoms with Crippen LogP contribution in [0.25, 0.3) is 0 Å². The molecule has 2 aromatic rings. The van der Waals surface area contributed by atoms with Crippen LogP contribution in [0.15, 0.2) is 48.8 Å². The molecule has 1 saturated heterocycles. The van der Waals surface area contributed by atoms with Gasteiger partial charge in [-0.05, 0) is 68.5 Å². The summed E-state index contributed by atoms with van der Waals surface area (Å²) in [6, 6.07) is 12.4. The minimum absolute atomic E-state index is 0.0531. The number of aromatic nitrogens is 1. The molecular weight excluding hydrogens is 324 g/mol. The highest BCUT2D eigenvalue weighted by molar-refractivity contribution is 5.78. The van der Waals surface area contributed by atoms with Crippen LogP contribution in [0.2, 0.25) is 0 Å². The monoisotopic (exact) mass is 352 g/mol. The number of carbonyl (C=O) groups excluding carboxylic acids is 1. The topological polar surface area (TPSA) is 42.4 Å². The van der Waals surface area contributed by atoms with Crippen molar-refractivity contribution in [3.63, 3.8) is 0 Å². The summed E-state index contributed by atoms with van der Waals surface area (Å²) in [5, 5.41) is 0. The maximum Gasteiger partial charge on any atom is 0.313 e. The van der Waals surface area contributed by atoms with Crippen LogP contribution in [0.4, 0.5) is 0 Å². The van der Waals surface area contributed by atoms with E-state index in [2.05, 4.69) is 35.0 Å². The number of hydrogen-bond acceptors (Lipinski definition) is 4. The van der Waals surface area contributed by atoms with E-state index in [0.29, 0.717) is 6.61 Å². The maximum atomic E-state index is 13.0. The average Bonchev–Trinajstić information content (AvgIpc) is 2.65. The largest absolute Gasteiger partial charge is 0.466 e. The van der Waals surface area contributed by atoms with E-state index in [1.165, 1.54) is 16.7 Å². The number of carbonyl (C=O) groups is 1. The quantitative estimate of drug-likeness (QED) is 0.742. The molecule has 4 nitrogen and oxygen atoms in total. The molecule has 0 radical (unpaired) electrons. The number of likely N-dealkylation sites (tertiary alicyclic amines) is 1. The Morgan fingerprint density at radius 1 is 1.23 bits per heavy atom. The Kier molecular flexibility index (Phi) is 6.04. The highest BCUT2D eigenvalue weighted by Crippen LogP contribution is 2.36. The zero-order valence-corrected chi connectivity index (χ0v) is 15.8. The van der Waals surface area contributed by atoms with Crippen LogP contribution < -0.4 is 0 Å². The fourth-order valence-corrected chi connectivity index (χ4v) is 3.95. The van der Waals surface area contributed by atoms with E-state index in [1.54, 1.807) is 0 Å². The van der Waals surface area contributed by atoms with E-state index in [0.717, 1.165) is 38.9 Å². The average molecular weight is 352 g/mol. The fourth-order valence-electron chi connectivity index (χ4n) is 3.95. The van der Waals surface area contributed by atoms with Crippen LogP contribution >= 0.6 is 0 Å². The van der Waals surface area contributed by atoms with Crippen molar-refractivity contribution in [1.29, 1.82) is 0 Å². The van der Waals surface area contributed by atoms with Crippen LogP contribution in [0.5, 0.6) is 0 Å². The van der Waals surface area contributed by atoms with E-state index < -0.39 is 5.41 Å². The van der Waals surface area contributed by atoms with Gasteiger partial charge in [-0.25, -0.2) is 0 Å². The first-order chi connectivity index (χ1) is 12.6. The van der Waals surface area contributed by atoms with E-state index in [9.17, 15) is 4.79 Å². The van der Waals surface area contributed by atoms with Gasteiger partial charge in [-0.15, -0.1) is 0 Å². The molecule has 0 spiro atoms. The molecule has 2 heterocycles. The molecule has 0 saturated carbocycles. The third kappa shape index (κ3) is 4.31. The second-order valence-corrected chi connectivity index (χ2v) is 7.27. The molecule has 1 aliphatic rings. The number of esters is 1. The highest BCUT2D eigenvalue weighted by atomic mass is 16.5. The minimum atomic E-state index is -0.465. The molecule has 1 unspecified atom stereocenters. The molecule has 1 aromatic carbocycles. The normalized spacial score (nSPS) is 20.7. The summed E-state index contributed by atoms with van der Waals surface area (Å²) < 4.78 is 5.52. The molecule has 0 bridgehead atoms. The molecule has 0 N–H and O–H groups in total. The molecule has 1 aliphatic heterocycles. The lowest BCUT2D eigenvalue weighted by Crippen LogP contribution is -2.49. The lowest BCUT2D eigenvalue weighted by molar-refractivity contribution is -0.159. The minimum Gasteiger partial charge on any atom is -0.466 e. The first kappa shape index (κ1) is 18.6. The van der Waals surface area contributed by atoms with Crippen molar-refractivity contribution < 1.29 is 9.53 Å². The molecule has 0 amide bonds. The van der Waals surface area contributed by atoms with Gasteiger partial charge in [0.15, 0.2) is 0 Å². The van der Waals surface area contributed by atoms with Gasteiger partial charge in [-0.2, -0.15) is 0 Å². The molecule has 3 rings (SSSR count). The van der Waals surface area contributed by atoms with Gasteiger partial charge in [0, 0.05) is 25.5 Å². The molecule has 4 heteroatoms. The Bertz CT molecular complexity index is 732. The number of hydrogen-bond donors (Lipinski definition) is 0. The lowest BCUT2D eigenvalue weighted by atomic mass is 9.74. The first-order valence-corrected chi connectivity index (χ1v) is 9.46. The van der Waals surface area contributed by atoms with Crippen LogP contribution in [0.3, 0.4) is 0 Å². The Morgan fingerprint density at radius 3 is 2.73 bits per heavy atom. The number of benzene rings is 1. The van der Waals surface area contributed by atoms with Gasteiger partial charge < -0.3 is 4.74 Å². The SMILES string of the molecule is CCOC(=O)C1(Cc2ccccc2C)CCCN(Cc2ccncc2)C1. The van der Waals surface area contributed by atoms with Crippen molar-refractivity contribution in [3.05, 3.63) is 65.5 Å². The van der Waals surface area contributed by atoms with Crippen molar-refractivity contribution in [1.82, 2.24) is 9.88 Å². The second-order valence-electron chi connectivity index (χ2n) is 7.27. The number of aryl methyl sites for hydroxylation is 1. The first-order valence-electron chi connectivity index (χ1n) is 9.46. The van der Waals surface area contributed by atoms with Crippen molar-refractivity contribution in [3.8, 4) is 0 Å². The summed E-state index contributed by atoms with van der Waals surface area (Å²) in [6.07, 6.45) is 6.28. The highest BCUT2D eigenvalue weighted by Gasteiger charge is 2.43. The number of nitrogens with zero attached hydrogens (tertiary/aromatic N) is 2. The summed E-state index contributed by atoms with van der Waals surface area (Å²) in [4.78, 5) is 19.5. The van der Waals surface area contributed by atoms with E-state index in [-0.39, 0.29) is 5.97 Å². The van der Waals surface area contributed by atoms with Gasteiger partial charge in [0.05, 0.1) is 12.0 Å². The molecule has 0 aliphatic carbocycles. The summed E-state index contributed by atoms with van der Waals surface area (Å²) >= 11 is 0. The fraction of sp³-hybridized carbons (Fsp3) is 0.455. The number of ether oxygens (including phenoxy) is 1. The second kappa shape index (κ2) is 8.45. The summed E-state index contributed by atoms with van der Waals surface area (Å²) in [5.41, 5.74) is 3.25. The van der Waals surface area contributed by atoms with Gasteiger partial charge in [-0.3, -0.25) is 14.7 Å². The van der Waals surface area contributed by atoms with Crippen molar-refractivity contribution in [2.24, 2.45) is 5.41 Å². The van der Waals surface area contributed by atoms with E-state index >= 15 is 0 Å². The summed E-state index contributed by atoms with van der Waals surface area (Å²) in [6.45, 7) is 7.03. The molecule has 26 heavy (non-hydrogen) atoms. The van der Waals surface area contributed by atoms with Gasteiger partial charge >= 0.3 is 5.97 Å². The van der Waals surface area contributed by atoms with E-state index in [4.69, 9.17) is 4.74 Å². The zero-order chi connectivity index (χ0) is 18.4. The van der Waals surface area contributed by atoms with Crippen molar-refractivity contribution in [2.45, 2.75) is 39.7 Å². The zero-order valence-electron chi connectivity index (χ0n) is 15.8. The number of rotatable bonds is 6. The standard InChI is InChI=1S/C22H28N2O2/c1-3-26-21(25)22(15-20-8-5-4-7-18(20)2)11-6-14-24(17-22)16-19-9-12-23-13-10-19/h4-5,7-10,12-13H,3,6,11,14-17H2,1-2H3.